The van der Waals surface area contributed by atoms with Crippen LogP contribution in [0.3, 0.4) is 0 Å². The maximum atomic E-state index is 14.4. The lowest BCUT2D eigenvalue weighted by atomic mass is 10.1. The van der Waals surface area contributed by atoms with Crippen molar-refractivity contribution in [3.8, 4) is 0 Å². The first-order valence-corrected chi connectivity index (χ1v) is 12.7. The molecule has 0 aliphatic rings. The van der Waals surface area contributed by atoms with Crippen LogP contribution >= 0.6 is 0 Å². The third-order valence-corrected chi connectivity index (χ3v) is 6.53. The Bertz CT molecular complexity index is 1070. The summed E-state index contributed by atoms with van der Waals surface area (Å²) in [6.45, 7) is 5.47. The lowest BCUT2D eigenvalue weighted by molar-refractivity contribution is -0.139. The van der Waals surface area contributed by atoms with Crippen molar-refractivity contribution in [2.75, 3.05) is 23.7 Å². The van der Waals surface area contributed by atoms with Gasteiger partial charge in [-0.1, -0.05) is 49.7 Å². The van der Waals surface area contributed by atoms with Crippen molar-refractivity contribution in [2.24, 2.45) is 0 Å². The van der Waals surface area contributed by atoms with Crippen LogP contribution in [0.2, 0.25) is 0 Å². The molecule has 9 heteroatoms. The van der Waals surface area contributed by atoms with Crippen LogP contribution in [0.4, 0.5) is 10.1 Å². The van der Waals surface area contributed by atoms with Gasteiger partial charge in [-0.05, 0) is 43.5 Å². The minimum absolute atomic E-state index is 0.114. The van der Waals surface area contributed by atoms with E-state index in [1.165, 1.54) is 23.1 Å². The second-order valence-corrected chi connectivity index (χ2v) is 9.90. The largest absolute Gasteiger partial charge is 0.354 e. The van der Waals surface area contributed by atoms with Crippen molar-refractivity contribution in [3.05, 3.63) is 65.5 Å². The zero-order valence-corrected chi connectivity index (χ0v) is 20.4. The minimum atomic E-state index is -3.97. The fourth-order valence-electron chi connectivity index (χ4n) is 3.34. The molecule has 0 aromatic heterocycles. The molecule has 2 rings (SSSR count). The molecule has 0 unspecified atom stereocenters. The highest BCUT2D eigenvalue weighted by molar-refractivity contribution is 7.92. The number of anilines is 1. The van der Waals surface area contributed by atoms with Gasteiger partial charge in [0.25, 0.3) is 0 Å². The summed E-state index contributed by atoms with van der Waals surface area (Å²) in [6, 6.07) is 12.0. The normalized spacial score (nSPS) is 12.2. The molecule has 0 bridgehead atoms. The van der Waals surface area contributed by atoms with Crippen LogP contribution in [0.25, 0.3) is 0 Å². The fraction of sp³-hybridized carbons (Fsp3) is 0.417. The number of para-hydroxylation sites is 1. The molecule has 7 nitrogen and oxygen atoms in total. The number of rotatable bonds is 11. The highest BCUT2D eigenvalue weighted by Gasteiger charge is 2.31. The Labute approximate surface area is 195 Å². The van der Waals surface area contributed by atoms with Crippen LogP contribution in [0, 0.1) is 12.7 Å². The first-order valence-electron chi connectivity index (χ1n) is 10.9. The second kappa shape index (κ2) is 11.8. The monoisotopic (exact) mass is 477 g/mol. The number of nitrogens with one attached hydrogen (secondary N) is 1. The van der Waals surface area contributed by atoms with E-state index in [4.69, 9.17) is 0 Å². The molecular formula is C24H32FN3O4S. The molecular weight excluding hydrogens is 445 g/mol. The van der Waals surface area contributed by atoms with E-state index in [0.29, 0.717) is 6.54 Å². The van der Waals surface area contributed by atoms with Gasteiger partial charge in [-0.25, -0.2) is 12.8 Å². The predicted molar refractivity (Wildman–Crippen MR) is 128 cm³/mol. The molecule has 180 valence electrons. The third kappa shape index (κ3) is 7.28. The second-order valence-electron chi connectivity index (χ2n) is 7.99. The van der Waals surface area contributed by atoms with Crippen LogP contribution in [0.15, 0.2) is 48.5 Å². The number of aryl methyl sites for hydroxylation is 1. The minimum Gasteiger partial charge on any atom is -0.354 e. The molecule has 0 aliphatic carbocycles. The third-order valence-electron chi connectivity index (χ3n) is 5.40. The van der Waals surface area contributed by atoms with Crippen molar-refractivity contribution in [1.29, 1.82) is 0 Å². The summed E-state index contributed by atoms with van der Waals surface area (Å²) in [4.78, 5) is 27.5. The molecule has 0 spiro atoms. The molecule has 2 aromatic carbocycles. The quantitative estimate of drug-likeness (QED) is 0.504. The molecule has 1 N–H and O–H groups in total. The van der Waals surface area contributed by atoms with Crippen molar-refractivity contribution in [3.63, 3.8) is 0 Å². The standard InChI is InChI=1S/C24H32FN3O4S/c1-5-6-15-26-24(30)19(3)27(16-20-12-8-7-11-18(20)2)23(29)17-28(33(4,31)32)22-14-10-9-13-21(22)25/h7-14,19H,5-6,15-17H2,1-4H3,(H,26,30)/t19-/m1/s1. The van der Waals surface area contributed by atoms with E-state index in [2.05, 4.69) is 5.32 Å². The highest BCUT2D eigenvalue weighted by atomic mass is 32.2. The van der Waals surface area contributed by atoms with Crippen LogP contribution < -0.4 is 9.62 Å². The predicted octanol–water partition coefficient (Wildman–Crippen LogP) is 3.23. The van der Waals surface area contributed by atoms with Crippen LogP contribution in [0.5, 0.6) is 0 Å². The van der Waals surface area contributed by atoms with Gasteiger partial charge in [0.2, 0.25) is 21.8 Å². The van der Waals surface area contributed by atoms with Crippen molar-refractivity contribution in [1.82, 2.24) is 10.2 Å². The molecule has 0 radical (unpaired) electrons. The lowest BCUT2D eigenvalue weighted by Gasteiger charge is -2.32. The van der Waals surface area contributed by atoms with Gasteiger partial charge in [-0.2, -0.15) is 0 Å². The first kappa shape index (κ1) is 26.3. The molecule has 0 aliphatic heterocycles. The Morgan fingerprint density at radius 2 is 1.73 bits per heavy atom. The van der Waals surface area contributed by atoms with E-state index in [1.54, 1.807) is 6.92 Å². The number of carbonyl (C=O) groups is 2. The van der Waals surface area contributed by atoms with Crippen LogP contribution in [-0.4, -0.2) is 50.5 Å². The van der Waals surface area contributed by atoms with Gasteiger partial charge >= 0.3 is 0 Å². The molecule has 0 heterocycles. The van der Waals surface area contributed by atoms with Crippen LogP contribution in [0.1, 0.15) is 37.8 Å². The Balaban J connectivity index is 2.37. The number of amides is 2. The molecule has 1 atom stereocenters. The van der Waals surface area contributed by atoms with Gasteiger partial charge in [0.15, 0.2) is 0 Å². The Hall–Kier alpha value is -2.94. The smallest absolute Gasteiger partial charge is 0.244 e. The number of nitrogens with zero attached hydrogens (tertiary/aromatic N) is 2. The number of unbranched alkanes of at least 4 members (excludes halogenated alkanes) is 1. The zero-order valence-electron chi connectivity index (χ0n) is 19.5. The van der Waals surface area contributed by atoms with Gasteiger partial charge in [0, 0.05) is 13.1 Å². The molecule has 2 amide bonds. The van der Waals surface area contributed by atoms with E-state index < -0.39 is 34.3 Å². The van der Waals surface area contributed by atoms with Crippen molar-refractivity contribution >= 4 is 27.5 Å². The Morgan fingerprint density at radius 3 is 2.33 bits per heavy atom. The maximum Gasteiger partial charge on any atom is 0.244 e. The fourth-order valence-corrected chi connectivity index (χ4v) is 4.19. The van der Waals surface area contributed by atoms with Crippen molar-refractivity contribution < 1.29 is 22.4 Å². The summed E-state index contributed by atoms with van der Waals surface area (Å²) in [5.74, 6) is -1.70. The maximum absolute atomic E-state index is 14.4. The van der Waals surface area contributed by atoms with Gasteiger partial charge in [0.1, 0.15) is 18.4 Å². The van der Waals surface area contributed by atoms with Gasteiger partial charge in [0.05, 0.1) is 11.9 Å². The van der Waals surface area contributed by atoms with E-state index >= 15 is 0 Å². The Kier molecular flexibility index (Phi) is 9.40. The summed E-state index contributed by atoms with van der Waals surface area (Å²) in [5, 5.41) is 2.82. The summed E-state index contributed by atoms with van der Waals surface area (Å²) in [5.41, 5.74) is 1.54. The highest BCUT2D eigenvalue weighted by Crippen LogP contribution is 2.22. The molecule has 2 aromatic rings. The lowest BCUT2D eigenvalue weighted by Crippen LogP contribution is -2.51. The van der Waals surface area contributed by atoms with E-state index in [-0.39, 0.29) is 18.1 Å². The average Bonchev–Trinajstić information content (AvgIpc) is 2.76. The zero-order chi connectivity index (χ0) is 24.6. The summed E-state index contributed by atoms with van der Waals surface area (Å²) in [7, 11) is -3.97. The van der Waals surface area contributed by atoms with Crippen molar-refractivity contribution in [2.45, 2.75) is 46.2 Å². The number of sulfonamides is 1. The van der Waals surface area contributed by atoms with Gasteiger partial charge < -0.3 is 10.2 Å². The molecule has 0 saturated heterocycles. The van der Waals surface area contributed by atoms with Gasteiger partial charge in [-0.15, -0.1) is 0 Å². The number of hydrogen-bond acceptors (Lipinski definition) is 4. The number of hydrogen-bond donors (Lipinski definition) is 1. The SMILES string of the molecule is CCCCNC(=O)[C@@H](C)N(Cc1ccccc1C)C(=O)CN(c1ccccc1F)S(C)(=O)=O. The number of benzene rings is 2. The molecule has 0 saturated carbocycles. The average molecular weight is 478 g/mol. The van der Waals surface area contributed by atoms with E-state index in [1.807, 2.05) is 38.1 Å². The van der Waals surface area contributed by atoms with E-state index in [9.17, 15) is 22.4 Å². The van der Waals surface area contributed by atoms with Gasteiger partial charge in [-0.3, -0.25) is 13.9 Å². The number of carbonyl (C=O) groups excluding carboxylic acids is 2. The van der Waals surface area contributed by atoms with Crippen LogP contribution in [-0.2, 0) is 26.2 Å². The Morgan fingerprint density at radius 1 is 1.09 bits per heavy atom. The first-order chi connectivity index (χ1) is 15.6. The summed E-state index contributed by atoms with van der Waals surface area (Å²) in [6.07, 6.45) is 2.63. The molecule has 0 fully saturated rings. The summed E-state index contributed by atoms with van der Waals surface area (Å²) < 4.78 is 40.0. The molecule has 33 heavy (non-hydrogen) atoms. The number of halogens is 1. The summed E-state index contributed by atoms with van der Waals surface area (Å²) >= 11 is 0. The van der Waals surface area contributed by atoms with E-state index in [0.717, 1.165) is 40.6 Å². The topological polar surface area (TPSA) is 86.8 Å².